The molecule has 0 fully saturated rings. The van der Waals surface area contributed by atoms with Gasteiger partial charge in [-0.3, -0.25) is 0 Å². The first-order valence-electron chi connectivity index (χ1n) is 3.86. The van der Waals surface area contributed by atoms with Crippen molar-refractivity contribution in [2.45, 2.75) is 6.42 Å². The summed E-state index contributed by atoms with van der Waals surface area (Å²) in [7, 11) is 2.96. The SMILES string of the molecule is C=Cc1ccc(CCO[Si])cc1. The molecule has 0 saturated heterocycles. The second kappa shape index (κ2) is 4.90. The molecule has 1 aromatic carbocycles. The second-order valence-corrected chi connectivity index (χ2v) is 2.83. The Kier molecular flexibility index (Phi) is 3.77. The Morgan fingerprint density at radius 1 is 1.33 bits per heavy atom. The van der Waals surface area contributed by atoms with Crippen LogP contribution in [0.2, 0.25) is 0 Å². The summed E-state index contributed by atoms with van der Waals surface area (Å²) < 4.78 is 4.79. The highest BCUT2D eigenvalue weighted by atomic mass is 28.2. The molecule has 12 heavy (non-hydrogen) atoms. The lowest BCUT2D eigenvalue weighted by atomic mass is 10.1. The van der Waals surface area contributed by atoms with Crippen LogP contribution in [0.4, 0.5) is 0 Å². The van der Waals surface area contributed by atoms with Crippen molar-refractivity contribution in [3.8, 4) is 0 Å². The fraction of sp³-hybridized carbons (Fsp3) is 0.200. The molecular formula is C10H11OSi. The highest BCUT2D eigenvalue weighted by molar-refractivity contribution is 5.97. The molecule has 0 amide bonds. The van der Waals surface area contributed by atoms with Gasteiger partial charge < -0.3 is 4.43 Å². The maximum absolute atomic E-state index is 4.79. The highest BCUT2D eigenvalue weighted by Crippen LogP contribution is 2.05. The van der Waals surface area contributed by atoms with E-state index in [0.29, 0.717) is 6.61 Å². The average Bonchev–Trinajstić information content (AvgIpc) is 2.15. The average molecular weight is 175 g/mol. The molecule has 0 aromatic heterocycles. The van der Waals surface area contributed by atoms with Gasteiger partial charge in [0.1, 0.15) is 0 Å². The molecule has 1 rings (SSSR count). The van der Waals surface area contributed by atoms with Crippen molar-refractivity contribution in [3.05, 3.63) is 42.0 Å². The van der Waals surface area contributed by atoms with E-state index < -0.39 is 0 Å². The summed E-state index contributed by atoms with van der Waals surface area (Å²) in [6.07, 6.45) is 2.77. The van der Waals surface area contributed by atoms with Crippen molar-refractivity contribution in [1.29, 1.82) is 0 Å². The standard InChI is InChI=1S/C10H11OSi/c1-2-9-3-5-10(6-4-9)7-8-11-12/h2-6H,1,7-8H2. The van der Waals surface area contributed by atoms with E-state index in [0.717, 1.165) is 12.0 Å². The molecule has 0 atom stereocenters. The molecule has 0 N–H and O–H groups in total. The zero-order chi connectivity index (χ0) is 8.81. The minimum Gasteiger partial charge on any atom is -0.418 e. The van der Waals surface area contributed by atoms with E-state index in [1.165, 1.54) is 5.56 Å². The third-order valence-corrected chi connectivity index (χ3v) is 1.91. The van der Waals surface area contributed by atoms with Crippen LogP contribution >= 0.6 is 0 Å². The maximum atomic E-state index is 4.79. The zero-order valence-electron chi connectivity index (χ0n) is 6.92. The van der Waals surface area contributed by atoms with E-state index >= 15 is 0 Å². The van der Waals surface area contributed by atoms with Gasteiger partial charge in [-0.25, -0.2) is 0 Å². The van der Waals surface area contributed by atoms with E-state index in [4.69, 9.17) is 4.43 Å². The Morgan fingerprint density at radius 2 is 2.00 bits per heavy atom. The molecule has 3 radical (unpaired) electrons. The summed E-state index contributed by atoms with van der Waals surface area (Å²) in [5.74, 6) is 0. The largest absolute Gasteiger partial charge is 0.418 e. The molecule has 0 aliphatic carbocycles. The van der Waals surface area contributed by atoms with Crippen molar-refractivity contribution in [1.82, 2.24) is 0 Å². The van der Waals surface area contributed by atoms with E-state index in [2.05, 4.69) is 41.3 Å². The van der Waals surface area contributed by atoms with Gasteiger partial charge in [0.25, 0.3) is 0 Å². The summed E-state index contributed by atoms with van der Waals surface area (Å²) >= 11 is 0. The summed E-state index contributed by atoms with van der Waals surface area (Å²) in [5, 5.41) is 0. The summed E-state index contributed by atoms with van der Waals surface area (Å²) in [6, 6.07) is 8.27. The van der Waals surface area contributed by atoms with Gasteiger partial charge in [-0.2, -0.15) is 0 Å². The minimum absolute atomic E-state index is 0.699. The van der Waals surface area contributed by atoms with Crippen molar-refractivity contribution >= 4 is 16.6 Å². The predicted octanol–water partition coefficient (Wildman–Crippen LogP) is 1.97. The Morgan fingerprint density at radius 3 is 2.50 bits per heavy atom. The van der Waals surface area contributed by atoms with Crippen molar-refractivity contribution < 1.29 is 4.43 Å². The van der Waals surface area contributed by atoms with Gasteiger partial charge in [-0.15, -0.1) is 0 Å². The number of rotatable bonds is 4. The number of hydrogen-bond donors (Lipinski definition) is 0. The van der Waals surface area contributed by atoms with Crippen LogP contribution in [0.3, 0.4) is 0 Å². The summed E-state index contributed by atoms with van der Waals surface area (Å²) in [4.78, 5) is 0. The lowest BCUT2D eigenvalue weighted by Gasteiger charge is -2.00. The minimum atomic E-state index is 0.699. The van der Waals surface area contributed by atoms with Gasteiger partial charge in [0.05, 0.1) is 0 Å². The summed E-state index contributed by atoms with van der Waals surface area (Å²) in [6.45, 7) is 4.39. The first kappa shape index (κ1) is 9.23. The first-order valence-corrected chi connectivity index (χ1v) is 4.27. The predicted molar refractivity (Wildman–Crippen MR) is 51.9 cm³/mol. The Balaban J connectivity index is 2.58. The van der Waals surface area contributed by atoms with Crippen LogP contribution in [0.15, 0.2) is 30.8 Å². The monoisotopic (exact) mass is 175 g/mol. The third kappa shape index (κ3) is 2.64. The summed E-state index contributed by atoms with van der Waals surface area (Å²) in [5.41, 5.74) is 2.43. The molecule has 0 saturated carbocycles. The molecule has 0 unspecified atom stereocenters. The van der Waals surface area contributed by atoms with E-state index in [-0.39, 0.29) is 0 Å². The van der Waals surface area contributed by atoms with Gasteiger partial charge in [-0.1, -0.05) is 36.9 Å². The van der Waals surface area contributed by atoms with Crippen LogP contribution in [0.1, 0.15) is 11.1 Å². The van der Waals surface area contributed by atoms with Gasteiger partial charge >= 0.3 is 0 Å². The molecule has 0 aliphatic rings. The van der Waals surface area contributed by atoms with Crippen molar-refractivity contribution in [2.24, 2.45) is 0 Å². The zero-order valence-corrected chi connectivity index (χ0v) is 7.92. The molecule has 1 nitrogen and oxygen atoms in total. The number of hydrogen-bond acceptors (Lipinski definition) is 1. The lowest BCUT2D eigenvalue weighted by molar-refractivity contribution is 0.354. The molecule has 0 bridgehead atoms. The Bertz CT molecular complexity index is 241. The highest BCUT2D eigenvalue weighted by Gasteiger charge is 1.91. The van der Waals surface area contributed by atoms with Gasteiger partial charge in [0, 0.05) is 6.61 Å². The Hall–Kier alpha value is -0.863. The maximum Gasteiger partial charge on any atom is 0.246 e. The van der Waals surface area contributed by atoms with Crippen LogP contribution in [-0.4, -0.2) is 17.1 Å². The fourth-order valence-electron chi connectivity index (χ4n) is 0.989. The van der Waals surface area contributed by atoms with Crippen LogP contribution in [0.25, 0.3) is 6.08 Å². The van der Waals surface area contributed by atoms with Gasteiger partial charge in [0.2, 0.25) is 10.5 Å². The van der Waals surface area contributed by atoms with Gasteiger partial charge in [0.15, 0.2) is 0 Å². The Labute approximate surface area is 76.6 Å². The van der Waals surface area contributed by atoms with Crippen molar-refractivity contribution in [3.63, 3.8) is 0 Å². The van der Waals surface area contributed by atoms with E-state index in [1.54, 1.807) is 0 Å². The van der Waals surface area contributed by atoms with Crippen molar-refractivity contribution in [2.75, 3.05) is 6.61 Å². The van der Waals surface area contributed by atoms with Crippen LogP contribution in [0.5, 0.6) is 0 Å². The van der Waals surface area contributed by atoms with Crippen LogP contribution in [0, 0.1) is 0 Å². The molecular weight excluding hydrogens is 164 g/mol. The molecule has 0 aliphatic heterocycles. The quantitative estimate of drug-likeness (QED) is 0.636. The molecule has 1 aromatic rings. The topological polar surface area (TPSA) is 9.23 Å². The first-order chi connectivity index (χ1) is 5.86. The molecule has 0 spiro atoms. The van der Waals surface area contributed by atoms with Crippen LogP contribution in [-0.2, 0) is 10.8 Å². The smallest absolute Gasteiger partial charge is 0.246 e. The number of benzene rings is 1. The normalized spacial score (nSPS) is 9.75. The van der Waals surface area contributed by atoms with E-state index in [9.17, 15) is 0 Å². The molecule has 61 valence electrons. The second-order valence-electron chi connectivity index (χ2n) is 2.54. The third-order valence-electron chi connectivity index (χ3n) is 1.71. The molecule has 0 heterocycles. The van der Waals surface area contributed by atoms with Crippen LogP contribution < -0.4 is 0 Å². The molecule has 2 heteroatoms. The fourth-order valence-corrected chi connectivity index (χ4v) is 1.09. The lowest BCUT2D eigenvalue weighted by Crippen LogP contribution is -1.94. The van der Waals surface area contributed by atoms with Gasteiger partial charge in [-0.05, 0) is 17.5 Å². The van der Waals surface area contributed by atoms with E-state index in [1.807, 2.05) is 6.08 Å².